The largest absolute Gasteiger partial charge is 0.320 e. The molecule has 1 fully saturated rings. The van der Waals surface area contributed by atoms with Crippen LogP contribution in [0.15, 0.2) is 23.1 Å². The van der Waals surface area contributed by atoms with Crippen molar-refractivity contribution in [1.29, 1.82) is 0 Å². The molecule has 0 radical (unpaired) electrons. The molecule has 21 heavy (non-hydrogen) atoms. The molecule has 0 saturated carbocycles. The van der Waals surface area contributed by atoms with Crippen molar-refractivity contribution in [2.75, 3.05) is 18.1 Å². The van der Waals surface area contributed by atoms with Crippen molar-refractivity contribution in [2.45, 2.75) is 23.8 Å². The molecule has 114 valence electrons. The molecule has 0 amide bonds. The predicted octanol–water partition coefficient (Wildman–Crippen LogP) is 1.82. The van der Waals surface area contributed by atoms with E-state index in [-0.39, 0.29) is 22.5 Å². The van der Waals surface area contributed by atoms with Crippen LogP contribution >= 0.6 is 23.4 Å². The second-order valence-electron chi connectivity index (χ2n) is 4.66. The first kappa shape index (κ1) is 16.7. The Morgan fingerprint density at radius 2 is 2.10 bits per heavy atom. The van der Waals surface area contributed by atoms with Crippen molar-refractivity contribution in [2.24, 2.45) is 5.73 Å². The van der Waals surface area contributed by atoms with E-state index in [1.807, 2.05) is 11.8 Å². The Balaban J connectivity index is 2.19. The summed E-state index contributed by atoms with van der Waals surface area (Å²) in [5, 5.41) is 0.177. The van der Waals surface area contributed by atoms with Gasteiger partial charge in [0.05, 0.1) is 11.6 Å². The first-order chi connectivity index (χ1) is 10.0. The number of hydrogen-bond donors (Lipinski definition) is 2. The molecule has 0 atom stereocenters. The highest BCUT2D eigenvalue weighted by Crippen LogP contribution is 2.24. The van der Waals surface area contributed by atoms with Crippen LogP contribution in [0.4, 0.5) is 0 Å². The molecule has 1 saturated heterocycles. The van der Waals surface area contributed by atoms with Gasteiger partial charge in [0.15, 0.2) is 0 Å². The molecule has 0 unspecified atom stereocenters. The minimum absolute atomic E-state index is 0.0102. The number of nitrogens with one attached hydrogen (secondary N) is 1. The van der Waals surface area contributed by atoms with Crippen LogP contribution in [0, 0.1) is 11.8 Å². The van der Waals surface area contributed by atoms with Crippen molar-refractivity contribution >= 4 is 33.4 Å². The van der Waals surface area contributed by atoms with Gasteiger partial charge in [-0.1, -0.05) is 23.4 Å². The molecule has 3 N–H and O–H groups in total. The summed E-state index contributed by atoms with van der Waals surface area (Å²) in [7, 11) is -3.59. The third kappa shape index (κ3) is 4.63. The normalized spacial score (nSPS) is 16.3. The average Bonchev–Trinajstić information content (AvgIpc) is 2.45. The number of rotatable bonds is 3. The van der Waals surface area contributed by atoms with Crippen molar-refractivity contribution in [3.8, 4) is 11.8 Å². The van der Waals surface area contributed by atoms with Crippen molar-refractivity contribution < 1.29 is 8.42 Å². The second kappa shape index (κ2) is 7.52. The molecule has 1 aromatic carbocycles. The van der Waals surface area contributed by atoms with E-state index < -0.39 is 10.0 Å². The predicted molar refractivity (Wildman–Crippen MR) is 88.1 cm³/mol. The smallest absolute Gasteiger partial charge is 0.242 e. The summed E-state index contributed by atoms with van der Waals surface area (Å²) in [5.74, 6) is 7.50. The van der Waals surface area contributed by atoms with E-state index in [1.165, 1.54) is 6.07 Å². The van der Waals surface area contributed by atoms with Crippen molar-refractivity contribution in [3.63, 3.8) is 0 Å². The maximum absolute atomic E-state index is 12.4. The Kier molecular flexibility index (Phi) is 5.97. The minimum atomic E-state index is -3.59. The summed E-state index contributed by atoms with van der Waals surface area (Å²) in [6.07, 6.45) is 1.70. The Bertz CT molecular complexity index is 659. The van der Waals surface area contributed by atoms with Crippen LogP contribution < -0.4 is 10.5 Å². The molecule has 1 aliphatic heterocycles. The molecule has 2 rings (SSSR count). The van der Waals surface area contributed by atoms with Crippen LogP contribution in [0.1, 0.15) is 18.4 Å². The van der Waals surface area contributed by atoms with E-state index in [1.54, 1.807) is 12.1 Å². The maximum atomic E-state index is 12.4. The zero-order valence-corrected chi connectivity index (χ0v) is 13.8. The Morgan fingerprint density at radius 1 is 1.38 bits per heavy atom. The zero-order chi connectivity index (χ0) is 15.3. The van der Waals surface area contributed by atoms with Crippen molar-refractivity contribution in [3.05, 3.63) is 28.8 Å². The third-order valence-corrected chi connectivity index (χ3v) is 6.15. The molecule has 1 heterocycles. The fraction of sp³-hybridized carbons (Fsp3) is 0.429. The number of benzene rings is 1. The Hall–Kier alpha value is -0.710. The highest BCUT2D eigenvalue weighted by molar-refractivity contribution is 7.99. The van der Waals surface area contributed by atoms with Crippen molar-refractivity contribution in [1.82, 2.24) is 4.72 Å². The van der Waals surface area contributed by atoms with E-state index in [0.717, 1.165) is 24.3 Å². The molecule has 1 aliphatic rings. The van der Waals surface area contributed by atoms with Gasteiger partial charge in [0.1, 0.15) is 4.90 Å². The van der Waals surface area contributed by atoms with E-state index in [0.29, 0.717) is 5.56 Å². The third-order valence-electron chi connectivity index (χ3n) is 3.10. The van der Waals surface area contributed by atoms with Gasteiger partial charge in [-0.2, -0.15) is 11.8 Å². The number of halogens is 1. The van der Waals surface area contributed by atoms with Crippen LogP contribution in [0.5, 0.6) is 0 Å². The lowest BCUT2D eigenvalue weighted by molar-refractivity contribution is 0.529. The van der Waals surface area contributed by atoms with Gasteiger partial charge in [-0.25, -0.2) is 13.1 Å². The summed E-state index contributed by atoms with van der Waals surface area (Å²) in [6.45, 7) is 0.249. The molecule has 7 heteroatoms. The Labute approximate surface area is 134 Å². The van der Waals surface area contributed by atoms with E-state index in [9.17, 15) is 8.42 Å². The fourth-order valence-corrected chi connectivity index (χ4v) is 5.00. The molecule has 4 nitrogen and oxygen atoms in total. The minimum Gasteiger partial charge on any atom is -0.320 e. The average molecular weight is 345 g/mol. The summed E-state index contributed by atoms with van der Waals surface area (Å²) in [5.41, 5.74) is 5.95. The lowest BCUT2D eigenvalue weighted by Crippen LogP contribution is -2.37. The first-order valence-corrected chi connectivity index (χ1v) is 9.63. The number of nitrogens with two attached hydrogens (primary N) is 1. The number of sulfonamides is 1. The molecule has 0 bridgehead atoms. The van der Waals surface area contributed by atoms with E-state index in [4.69, 9.17) is 17.3 Å². The van der Waals surface area contributed by atoms with Crippen LogP contribution in [-0.2, 0) is 10.0 Å². The second-order valence-corrected chi connectivity index (χ2v) is 7.97. The summed E-state index contributed by atoms with van der Waals surface area (Å²) in [6, 6.07) is 4.67. The van der Waals surface area contributed by atoms with Crippen LogP contribution in [-0.4, -0.2) is 32.5 Å². The number of hydrogen-bond acceptors (Lipinski definition) is 4. The monoisotopic (exact) mass is 344 g/mol. The molecular weight excluding hydrogens is 328 g/mol. The quantitative estimate of drug-likeness (QED) is 0.820. The zero-order valence-electron chi connectivity index (χ0n) is 11.4. The van der Waals surface area contributed by atoms with Crippen LogP contribution in [0.2, 0.25) is 5.02 Å². The van der Waals surface area contributed by atoms with Gasteiger partial charge in [0.2, 0.25) is 10.0 Å². The van der Waals surface area contributed by atoms with Gasteiger partial charge in [-0.3, -0.25) is 0 Å². The molecular formula is C14H17ClN2O2S2. The van der Waals surface area contributed by atoms with Gasteiger partial charge in [0.25, 0.3) is 0 Å². The van der Waals surface area contributed by atoms with Gasteiger partial charge in [-0.05, 0) is 42.5 Å². The van der Waals surface area contributed by atoms with Gasteiger partial charge in [-0.15, -0.1) is 0 Å². The highest BCUT2D eigenvalue weighted by Gasteiger charge is 2.23. The summed E-state index contributed by atoms with van der Waals surface area (Å²) in [4.78, 5) is 0.0979. The maximum Gasteiger partial charge on any atom is 0.242 e. The van der Waals surface area contributed by atoms with Gasteiger partial charge >= 0.3 is 0 Å². The molecule has 0 spiro atoms. The summed E-state index contributed by atoms with van der Waals surface area (Å²) >= 11 is 7.94. The molecule has 0 aliphatic carbocycles. The lowest BCUT2D eigenvalue weighted by atomic mass is 10.2. The Morgan fingerprint density at radius 3 is 2.71 bits per heavy atom. The van der Waals surface area contributed by atoms with E-state index in [2.05, 4.69) is 16.6 Å². The van der Waals surface area contributed by atoms with Gasteiger partial charge < -0.3 is 5.73 Å². The standard InChI is InChI=1S/C14H17ClN2O2S2/c15-13-10-11(2-1-7-16)3-4-14(13)21(18,19)17-12-5-8-20-9-6-12/h3-4,10,12,17H,5-9,16H2. The van der Waals surface area contributed by atoms with Gasteiger partial charge in [0, 0.05) is 11.6 Å². The van der Waals surface area contributed by atoms with Crippen LogP contribution in [0.25, 0.3) is 0 Å². The lowest BCUT2D eigenvalue weighted by Gasteiger charge is -2.22. The molecule has 0 aromatic heterocycles. The topological polar surface area (TPSA) is 72.2 Å². The number of thioether (sulfide) groups is 1. The van der Waals surface area contributed by atoms with Crippen LogP contribution in [0.3, 0.4) is 0 Å². The SMILES string of the molecule is NCC#Cc1ccc(S(=O)(=O)NC2CCSCC2)c(Cl)c1. The van der Waals surface area contributed by atoms with E-state index >= 15 is 0 Å². The summed E-state index contributed by atoms with van der Waals surface area (Å²) < 4.78 is 27.5. The fourth-order valence-electron chi connectivity index (χ4n) is 2.05. The first-order valence-electron chi connectivity index (χ1n) is 6.61. The molecule has 1 aromatic rings. The highest BCUT2D eigenvalue weighted by atomic mass is 35.5.